The van der Waals surface area contributed by atoms with Crippen LogP contribution in [0.4, 0.5) is 4.39 Å². The summed E-state index contributed by atoms with van der Waals surface area (Å²) >= 11 is 0. The molecule has 3 nitrogen and oxygen atoms in total. The van der Waals surface area contributed by atoms with Crippen molar-refractivity contribution in [3.05, 3.63) is 46.1 Å². The highest BCUT2D eigenvalue weighted by Gasteiger charge is 2.21. The Kier molecular flexibility index (Phi) is 2.58. The maximum atomic E-state index is 13.8. The molecule has 4 heteroatoms. The summed E-state index contributed by atoms with van der Waals surface area (Å²) in [4.78, 5) is 24.6. The van der Waals surface area contributed by atoms with E-state index in [-0.39, 0.29) is 5.56 Å². The predicted molar refractivity (Wildman–Crippen MR) is 63.6 cm³/mol. The van der Waals surface area contributed by atoms with Crippen LogP contribution in [0.2, 0.25) is 0 Å². The summed E-state index contributed by atoms with van der Waals surface area (Å²) in [6, 6.07) is 4.32. The highest BCUT2D eigenvalue weighted by atomic mass is 19.1. The molecule has 0 unspecified atom stereocenters. The average Bonchev–Trinajstić information content (AvgIpc) is 2.28. The number of fused-ring (bicyclic) bond motifs is 1. The molecule has 0 aliphatic rings. The lowest BCUT2D eigenvalue weighted by molar-refractivity contribution is -0.111. The molecule has 2 rings (SSSR count). The molecule has 0 fully saturated rings. The van der Waals surface area contributed by atoms with Crippen molar-refractivity contribution in [2.24, 2.45) is 0 Å². The van der Waals surface area contributed by atoms with Crippen molar-refractivity contribution in [1.29, 1.82) is 0 Å². The lowest BCUT2D eigenvalue weighted by atomic mass is 9.85. The van der Waals surface area contributed by atoms with Gasteiger partial charge in [0.2, 0.25) is 5.56 Å². The third kappa shape index (κ3) is 1.98. The van der Waals surface area contributed by atoms with Gasteiger partial charge in [-0.05, 0) is 36.9 Å². The third-order valence-corrected chi connectivity index (χ3v) is 2.85. The lowest BCUT2D eigenvalue weighted by Gasteiger charge is -2.18. The number of rotatable bonds is 2. The number of pyridine rings is 1. The summed E-state index contributed by atoms with van der Waals surface area (Å²) in [6.45, 7) is 3.40. The van der Waals surface area contributed by atoms with E-state index in [9.17, 15) is 14.0 Å². The Balaban J connectivity index is 2.78. The number of aldehydes is 1. The molecule has 0 saturated carbocycles. The zero-order valence-corrected chi connectivity index (χ0v) is 9.58. The molecule has 1 aromatic heterocycles. The number of hydrogen-bond donors (Lipinski definition) is 1. The fourth-order valence-electron chi connectivity index (χ4n) is 1.68. The normalized spacial score (nSPS) is 11.7. The smallest absolute Gasteiger partial charge is 0.248 e. The van der Waals surface area contributed by atoms with Crippen LogP contribution in [0.1, 0.15) is 19.4 Å². The number of carbonyl (C=O) groups excluding carboxylic acids is 1. The molecule has 0 bridgehead atoms. The molecular formula is C13H12FNO2. The van der Waals surface area contributed by atoms with Crippen LogP contribution >= 0.6 is 0 Å². The van der Waals surface area contributed by atoms with Gasteiger partial charge in [0, 0.05) is 23.1 Å². The van der Waals surface area contributed by atoms with E-state index in [1.54, 1.807) is 19.9 Å². The van der Waals surface area contributed by atoms with Crippen molar-refractivity contribution in [1.82, 2.24) is 4.98 Å². The van der Waals surface area contributed by atoms with Crippen LogP contribution in [-0.2, 0) is 10.2 Å². The van der Waals surface area contributed by atoms with Gasteiger partial charge >= 0.3 is 0 Å². The first-order valence-corrected chi connectivity index (χ1v) is 5.23. The molecule has 0 atom stereocenters. The summed E-state index contributed by atoms with van der Waals surface area (Å²) in [5.41, 5.74) is -0.501. The molecular weight excluding hydrogens is 221 g/mol. The van der Waals surface area contributed by atoms with E-state index in [1.165, 1.54) is 18.3 Å². The molecule has 1 aromatic carbocycles. The summed E-state index contributed by atoms with van der Waals surface area (Å²) < 4.78 is 13.8. The highest BCUT2D eigenvalue weighted by Crippen LogP contribution is 2.26. The molecule has 0 aliphatic heterocycles. The summed E-state index contributed by atoms with van der Waals surface area (Å²) in [5, 5.41) is 0.841. The number of carbonyl (C=O) groups is 1. The van der Waals surface area contributed by atoms with Crippen LogP contribution in [0.25, 0.3) is 10.8 Å². The minimum absolute atomic E-state index is 0.294. The summed E-state index contributed by atoms with van der Waals surface area (Å²) in [5.74, 6) is -0.441. The van der Waals surface area contributed by atoms with Gasteiger partial charge in [0.1, 0.15) is 12.1 Å². The maximum absolute atomic E-state index is 13.8. The Morgan fingerprint density at radius 2 is 2.00 bits per heavy atom. The molecule has 88 valence electrons. The van der Waals surface area contributed by atoms with Gasteiger partial charge in [0.15, 0.2) is 0 Å². The number of aromatic amines is 1. The van der Waals surface area contributed by atoms with Gasteiger partial charge < -0.3 is 9.78 Å². The Labute approximate surface area is 97.3 Å². The van der Waals surface area contributed by atoms with Gasteiger partial charge in [-0.3, -0.25) is 4.79 Å². The van der Waals surface area contributed by atoms with Crippen molar-refractivity contribution >= 4 is 17.1 Å². The quantitative estimate of drug-likeness (QED) is 0.808. The molecule has 0 spiro atoms. The van der Waals surface area contributed by atoms with E-state index in [1.807, 2.05) is 0 Å². The van der Waals surface area contributed by atoms with Crippen LogP contribution in [-0.4, -0.2) is 11.3 Å². The van der Waals surface area contributed by atoms with Gasteiger partial charge in [-0.15, -0.1) is 0 Å². The van der Waals surface area contributed by atoms with E-state index in [0.717, 1.165) is 6.29 Å². The van der Waals surface area contributed by atoms with Crippen LogP contribution in [0.15, 0.2) is 29.2 Å². The molecule has 1 heterocycles. The molecule has 17 heavy (non-hydrogen) atoms. The van der Waals surface area contributed by atoms with E-state index in [0.29, 0.717) is 16.3 Å². The Bertz CT molecular complexity index is 643. The van der Waals surface area contributed by atoms with Crippen LogP contribution in [0.3, 0.4) is 0 Å². The monoisotopic (exact) mass is 233 g/mol. The van der Waals surface area contributed by atoms with Crippen molar-refractivity contribution in [3.63, 3.8) is 0 Å². The predicted octanol–water partition coefficient (Wildman–Crippen LogP) is 2.14. The molecule has 2 aromatic rings. The highest BCUT2D eigenvalue weighted by molar-refractivity contribution is 5.84. The number of H-pyrrole nitrogens is 1. The van der Waals surface area contributed by atoms with Crippen molar-refractivity contribution in [3.8, 4) is 0 Å². The number of hydrogen-bond acceptors (Lipinski definition) is 2. The minimum atomic E-state index is -0.766. The Morgan fingerprint density at radius 1 is 1.29 bits per heavy atom. The fraction of sp³-hybridized carbons (Fsp3) is 0.231. The largest absolute Gasteiger partial charge is 0.328 e. The van der Waals surface area contributed by atoms with Gasteiger partial charge in [-0.1, -0.05) is 0 Å². The number of nitrogens with one attached hydrogen (secondary N) is 1. The second kappa shape index (κ2) is 3.80. The molecule has 1 N–H and O–H groups in total. The van der Waals surface area contributed by atoms with Crippen LogP contribution < -0.4 is 5.56 Å². The second-order valence-corrected chi connectivity index (χ2v) is 4.60. The van der Waals surface area contributed by atoms with Crippen LogP contribution in [0, 0.1) is 5.82 Å². The molecule has 0 amide bonds. The first kappa shape index (κ1) is 11.5. The SMILES string of the molecule is CC(C)(C=O)c1cc(F)c2c[nH]c(=O)cc2c1. The van der Waals surface area contributed by atoms with Crippen molar-refractivity contribution < 1.29 is 9.18 Å². The Morgan fingerprint density at radius 3 is 2.65 bits per heavy atom. The Hall–Kier alpha value is -1.97. The number of halogens is 1. The summed E-state index contributed by atoms with van der Waals surface area (Å²) in [7, 11) is 0. The van der Waals surface area contributed by atoms with Gasteiger partial charge in [-0.25, -0.2) is 4.39 Å². The van der Waals surface area contributed by atoms with Gasteiger partial charge in [-0.2, -0.15) is 0 Å². The van der Waals surface area contributed by atoms with Gasteiger partial charge in [0.25, 0.3) is 0 Å². The average molecular weight is 233 g/mol. The molecule has 0 saturated heterocycles. The van der Waals surface area contributed by atoms with E-state index in [2.05, 4.69) is 4.98 Å². The topological polar surface area (TPSA) is 49.9 Å². The fourth-order valence-corrected chi connectivity index (χ4v) is 1.68. The van der Waals surface area contributed by atoms with E-state index < -0.39 is 11.2 Å². The maximum Gasteiger partial charge on any atom is 0.248 e. The minimum Gasteiger partial charge on any atom is -0.328 e. The first-order chi connectivity index (χ1) is 7.94. The third-order valence-electron chi connectivity index (χ3n) is 2.85. The second-order valence-electron chi connectivity index (χ2n) is 4.60. The van der Waals surface area contributed by atoms with Gasteiger partial charge in [0.05, 0.1) is 0 Å². The van der Waals surface area contributed by atoms with E-state index in [4.69, 9.17) is 0 Å². The zero-order valence-electron chi connectivity index (χ0n) is 9.58. The summed E-state index contributed by atoms with van der Waals surface area (Å²) in [6.07, 6.45) is 2.10. The van der Waals surface area contributed by atoms with Crippen molar-refractivity contribution in [2.75, 3.05) is 0 Å². The van der Waals surface area contributed by atoms with Crippen LogP contribution in [0.5, 0.6) is 0 Å². The first-order valence-electron chi connectivity index (χ1n) is 5.23. The van der Waals surface area contributed by atoms with Crippen molar-refractivity contribution in [2.45, 2.75) is 19.3 Å². The molecule has 0 aliphatic carbocycles. The molecule has 0 radical (unpaired) electrons. The zero-order chi connectivity index (χ0) is 12.6. The number of aromatic nitrogens is 1. The standard InChI is InChI=1S/C13H12FNO2/c1-13(2,7-16)9-3-8-4-12(17)15-6-10(8)11(14)5-9/h3-7H,1-2H3,(H,15,17). The number of benzene rings is 1. The van der Waals surface area contributed by atoms with E-state index >= 15 is 0 Å². The lowest BCUT2D eigenvalue weighted by Crippen LogP contribution is -2.19.